The van der Waals surface area contributed by atoms with Crippen molar-refractivity contribution in [1.29, 1.82) is 5.26 Å². The lowest BCUT2D eigenvalue weighted by atomic mass is 9.96. The first kappa shape index (κ1) is 28.4. The van der Waals surface area contributed by atoms with Crippen LogP contribution in [0.2, 0.25) is 0 Å². The summed E-state index contributed by atoms with van der Waals surface area (Å²) >= 11 is 0. The number of esters is 1. The number of halogens is 3. The predicted molar refractivity (Wildman–Crippen MR) is 124 cm³/mol. The minimum absolute atomic E-state index is 0.0784. The van der Waals surface area contributed by atoms with E-state index in [2.05, 4.69) is 15.4 Å². The number of benzene rings is 1. The summed E-state index contributed by atoms with van der Waals surface area (Å²) in [6.45, 7) is 10.4. The molecule has 0 unspecified atom stereocenters. The maximum Gasteiger partial charge on any atom is 0.433 e. The number of nitrogens with one attached hydrogen (secondary N) is 1. The smallest absolute Gasteiger partial charge is 0.433 e. The van der Waals surface area contributed by atoms with Gasteiger partial charge in [0.2, 0.25) is 5.82 Å². The van der Waals surface area contributed by atoms with Crippen molar-refractivity contribution < 1.29 is 32.2 Å². The second-order valence-electron chi connectivity index (χ2n) is 10.0. The highest BCUT2D eigenvalue weighted by atomic mass is 19.4. The molecule has 9 nitrogen and oxygen atoms in total. The van der Waals surface area contributed by atoms with Crippen molar-refractivity contribution in [1.82, 2.24) is 15.4 Å². The minimum atomic E-state index is -4.81. The number of carbonyl (C=O) groups excluding carboxylic acids is 2. The lowest BCUT2D eigenvalue weighted by Crippen LogP contribution is -2.47. The molecule has 0 saturated carbocycles. The van der Waals surface area contributed by atoms with Gasteiger partial charge < -0.3 is 9.47 Å². The van der Waals surface area contributed by atoms with Gasteiger partial charge in [0, 0.05) is 18.2 Å². The number of hydrogen-bond acceptors (Lipinski definition) is 8. The van der Waals surface area contributed by atoms with Gasteiger partial charge in [-0.3, -0.25) is 15.2 Å². The van der Waals surface area contributed by atoms with Gasteiger partial charge in [0.05, 0.1) is 0 Å². The highest BCUT2D eigenvalue weighted by Crippen LogP contribution is 2.30. The Hall–Kier alpha value is -3.88. The third-order valence-electron chi connectivity index (χ3n) is 4.14. The van der Waals surface area contributed by atoms with E-state index in [1.165, 1.54) is 30.3 Å². The molecule has 0 radical (unpaired) electrons. The van der Waals surface area contributed by atoms with Gasteiger partial charge in [-0.05, 0) is 50.5 Å². The number of rotatable bonds is 7. The number of alkyl halides is 3. The van der Waals surface area contributed by atoms with Gasteiger partial charge in [0.25, 0.3) is 5.91 Å². The lowest BCUT2D eigenvalue weighted by Gasteiger charge is -2.31. The molecule has 0 aliphatic rings. The number of aromatic nitrogens is 2. The largest absolute Gasteiger partial charge is 0.482 e. The molecular weight excluding hydrogens is 479 g/mol. The highest BCUT2D eigenvalue weighted by molar-refractivity contribution is 5.95. The Labute approximate surface area is 207 Å². The molecule has 1 heterocycles. The monoisotopic (exact) mass is 507 g/mol. The average molecular weight is 508 g/mol. The Morgan fingerprint density at radius 2 is 1.67 bits per heavy atom. The Morgan fingerprint density at radius 3 is 2.17 bits per heavy atom. The fraction of sp³-hybridized carbons (Fsp3) is 0.458. The van der Waals surface area contributed by atoms with Gasteiger partial charge in [-0.15, -0.1) is 0 Å². The Morgan fingerprint density at radius 1 is 1.06 bits per heavy atom. The van der Waals surface area contributed by atoms with Gasteiger partial charge in [-0.2, -0.15) is 23.4 Å². The lowest BCUT2D eigenvalue weighted by molar-refractivity contribution is -0.157. The van der Waals surface area contributed by atoms with Crippen LogP contribution >= 0.6 is 0 Å². The quantitative estimate of drug-likeness (QED) is 0.436. The SMILES string of the molecule is CC(C)(C)CN(NC(=O)c1ccc(OCC(=O)OC(C)(C)C)cc1)c1cc(C(F)(F)F)nc(C#N)n1. The summed E-state index contributed by atoms with van der Waals surface area (Å²) in [5.74, 6) is -1.84. The number of nitrogens with zero attached hydrogens (tertiary/aromatic N) is 4. The van der Waals surface area contributed by atoms with Crippen molar-refractivity contribution in [3.8, 4) is 11.8 Å². The van der Waals surface area contributed by atoms with E-state index >= 15 is 0 Å². The summed E-state index contributed by atoms with van der Waals surface area (Å²) in [7, 11) is 0. The van der Waals surface area contributed by atoms with E-state index in [0.29, 0.717) is 11.8 Å². The molecule has 2 aromatic rings. The van der Waals surface area contributed by atoms with Gasteiger partial charge in [-0.1, -0.05) is 20.8 Å². The van der Waals surface area contributed by atoms with E-state index in [-0.39, 0.29) is 24.5 Å². The number of anilines is 1. The molecule has 194 valence electrons. The maximum atomic E-state index is 13.3. The number of amides is 1. The average Bonchev–Trinajstić information content (AvgIpc) is 2.74. The Balaban J connectivity index is 2.22. The summed E-state index contributed by atoms with van der Waals surface area (Å²) in [6.07, 6.45) is -4.81. The van der Waals surface area contributed by atoms with Crippen molar-refractivity contribution >= 4 is 17.7 Å². The third kappa shape index (κ3) is 9.05. The Kier molecular flexibility index (Phi) is 8.51. The predicted octanol–water partition coefficient (Wildman–Crippen LogP) is 4.29. The van der Waals surface area contributed by atoms with Gasteiger partial charge in [0.15, 0.2) is 18.1 Å². The van der Waals surface area contributed by atoms with Crippen LogP contribution in [0.3, 0.4) is 0 Å². The molecule has 1 aromatic heterocycles. The standard InChI is InChI=1S/C24H28F3N5O4/c1-22(2,3)14-32(19-11-17(24(25,26)27)29-18(12-28)30-19)31-21(34)15-7-9-16(10-8-15)35-13-20(33)36-23(4,5)6/h7-11H,13-14H2,1-6H3,(H,31,34). The van der Waals surface area contributed by atoms with E-state index in [1.54, 1.807) is 20.8 Å². The first-order chi connectivity index (χ1) is 16.5. The number of nitriles is 1. The van der Waals surface area contributed by atoms with Crippen LogP contribution in [-0.4, -0.2) is 40.6 Å². The second kappa shape index (κ2) is 10.8. The molecular formula is C24H28F3N5O4. The summed E-state index contributed by atoms with van der Waals surface area (Å²) in [6, 6.07) is 7.97. The van der Waals surface area contributed by atoms with Crippen LogP contribution < -0.4 is 15.2 Å². The number of hydrogen-bond donors (Lipinski definition) is 1. The molecule has 0 atom stereocenters. The van der Waals surface area contributed by atoms with E-state index in [4.69, 9.17) is 14.7 Å². The molecule has 0 aliphatic heterocycles. The van der Waals surface area contributed by atoms with Crippen molar-refractivity contribution in [2.75, 3.05) is 18.2 Å². The van der Waals surface area contributed by atoms with E-state index in [1.807, 2.05) is 20.8 Å². The van der Waals surface area contributed by atoms with Crippen LogP contribution in [0.15, 0.2) is 30.3 Å². The van der Waals surface area contributed by atoms with Crippen LogP contribution in [-0.2, 0) is 15.7 Å². The molecule has 2 rings (SSSR count). The molecule has 0 saturated heterocycles. The zero-order valence-electron chi connectivity index (χ0n) is 20.9. The van der Waals surface area contributed by atoms with Crippen LogP contribution in [0.4, 0.5) is 19.0 Å². The molecule has 0 bridgehead atoms. The van der Waals surface area contributed by atoms with Crippen molar-refractivity contribution in [3.63, 3.8) is 0 Å². The van der Waals surface area contributed by atoms with Crippen molar-refractivity contribution in [3.05, 3.63) is 47.4 Å². The summed E-state index contributed by atoms with van der Waals surface area (Å²) < 4.78 is 50.4. The second-order valence-corrected chi connectivity index (χ2v) is 10.0. The van der Waals surface area contributed by atoms with Gasteiger partial charge in [-0.25, -0.2) is 9.78 Å². The third-order valence-corrected chi connectivity index (χ3v) is 4.14. The summed E-state index contributed by atoms with van der Waals surface area (Å²) in [5.41, 5.74) is 0.290. The van der Waals surface area contributed by atoms with E-state index < -0.39 is 40.6 Å². The van der Waals surface area contributed by atoms with Crippen molar-refractivity contribution in [2.24, 2.45) is 5.41 Å². The molecule has 36 heavy (non-hydrogen) atoms. The van der Waals surface area contributed by atoms with Gasteiger partial charge in [0.1, 0.15) is 17.4 Å². The topological polar surface area (TPSA) is 117 Å². The highest BCUT2D eigenvalue weighted by Gasteiger charge is 2.35. The molecule has 0 spiro atoms. The van der Waals surface area contributed by atoms with Crippen LogP contribution in [0, 0.1) is 16.7 Å². The normalized spacial score (nSPS) is 11.9. The molecule has 1 N–H and O–H groups in total. The zero-order valence-corrected chi connectivity index (χ0v) is 20.9. The first-order valence-corrected chi connectivity index (χ1v) is 10.9. The molecule has 0 aliphatic carbocycles. The maximum absolute atomic E-state index is 13.3. The van der Waals surface area contributed by atoms with E-state index in [0.717, 1.165) is 5.01 Å². The zero-order chi connectivity index (χ0) is 27.3. The summed E-state index contributed by atoms with van der Waals surface area (Å²) in [4.78, 5) is 31.7. The fourth-order valence-corrected chi connectivity index (χ4v) is 2.82. The number of hydrazine groups is 1. The minimum Gasteiger partial charge on any atom is -0.482 e. The first-order valence-electron chi connectivity index (χ1n) is 10.9. The molecule has 0 fully saturated rings. The van der Waals surface area contributed by atoms with Gasteiger partial charge >= 0.3 is 12.1 Å². The van der Waals surface area contributed by atoms with Crippen LogP contribution in [0.5, 0.6) is 5.75 Å². The molecule has 1 amide bonds. The molecule has 12 heteroatoms. The molecule has 1 aromatic carbocycles. The Bertz CT molecular complexity index is 1130. The summed E-state index contributed by atoms with van der Waals surface area (Å²) in [5, 5.41) is 10.2. The number of ether oxygens (including phenoxy) is 2. The van der Waals surface area contributed by atoms with Crippen molar-refractivity contribution in [2.45, 2.75) is 53.3 Å². The number of carbonyl (C=O) groups is 2. The van der Waals surface area contributed by atoms with Crippen LogP contribution in [0.25, 0.3) is 0 Å². The van der Waals surface area contributed by atoms with E-state index in [9.17, 15) is 22.8 Å². The fourth-order valence-electron chi connectivity index (χ4n) is 2.82. The van der Waals surface area contributed by atoms with Crippen LogP contribution in [0.1, 0.15) is 63.4 Å².